The summed E-state index contributed by atoms with van der Waals surface area (Å²) in [5, 5.41) is 0. The van der Waals surface area contributed by atoms with E-state index < -0.39 is 0 Å². The molecule has 0 N–H and O–H groups in total. The number of piperidine rings is 1. The highest BCUT2D eigenvalue weighted by Gasteiger charge is 2.41. The fourth-order valence-corrected chi connectivity index (χ4v) is 5.68. The third-order valence-electron chi connectivity index (χ3n) is 7.06. The van der Waals surface area contributed by atoms with Crippen molar-refractivity contribution in [1.82, 2.24) is 4.90 Å². The quantitative estimate of drug-likeness (QED) is 0.673. The molecule has 3 aliphatic rings. The number of ether oxygens (including phenoxy) is 2. The Morgan fingerprint density at radius 1 is 1.19 bits per heavy atom. The first-order valence-electron chi connectivity index (χ1n) is 11.5. The van der Waals surface area contributed by atoms with Gasteiger partial charge < -0.3 is 9.47 Å². The number of nitrogens with zero attached hydrogens (tertiary/aromatic N) is 1. The van der Waals surface area contributed by atoms with Crippen molar-refractivity contribution in [2.45, 2.75) is 50.7 Å². The van der Waals surface area contributed by atoms with E-state index >= 15 is 0 Å². The molecule has 4 nitrogen and oxygen atoms in total. The first kappa shape index (κ1) is 20.7. The molecule has 2 heterocycles. The number of esters is 1. The van der Waals surface area contributed by atoms with Gasteiger partial charge in [-0.15, -0.1) is 0 Å². The Morgan fingerprint density at radius 3 is 2.90 bits per heavy atom. The summed E-state index contributed by atoms with van der Waals surface area (Å²) in [7, 11) is 0. The van der Waals surface area contributed by atoms with Crippen LogP contribution in [-0.2, 0) is 20.7 Å². The molecule has 2 aliphatic heterocycles. The van der Waals surface area contributed by atoms with E-state index in [1.165, 1.54) is 11.1 Å². The number of likely N-dealkylation sites (tertiary alicyclic amines) is 1. The molecule has 1 unspecified atom stereocenters. The summed E-state index contributed by atoms with van der Waals surface area (Å²) in [6, 6.07) is 13.7. The van der Waals surface area contributed by atoms with Crippen LogP contribution in [0, 0.1) is 11.7 Å². The highest BCUT2D eigenvalue weighted by Crippen LogP contribution is 2.49. The van der Waals surface area contributed by atoms with E-state index in [1.807, 2.05) is 13.0 Å². The Hall–Kier alpha value is -2.24. The van der Waals surface area contributed by atoms with Gasteiger partial charge in [0.25, 0.3) is 0 Å². The van der Waals surface area contributed by atoms with Crippen LogP contribution in [0.15, 0.2) is 42.5 Å². The lowest BCUT2D eigenvalue weighted by atomic mass is 9.87. The van der Waals surface area contributed by atoms with Crippen LogP contribution in [0.1, 0.15) is 60.5 Å². The summed E-state index contributed by atoms with van der Waals surface area (Å²) in [5.41, 5.74) is 4.79. The fraction of sp³-hybridized carbons (Fsp3) is 0.500. The van der Waals surface area contributed by atoms with Crippen molar-refractivity contribution in [2.75, 3.05) is 26.2 Å². The molecular weight excluding hydrogens is 393 g/mol. The van der Waals surface area contributed by atoms with Crippen LogP contribution >= 0.6 is 0 Å². The largest absolute Gasteiger partial charge is 0.466 e. The Morgan fingerprint density at radius 2 is 2.03 bits per heavy atom. The lowest BCUT2D eigenvalue weighted by Crippen LogP contribution is -2.42. The standard InChI is InChI=1S/C26H30FNO3/c1-2-30-26(29)19-7-5-11-28(15-19)16-21-14-24-22-8-4-3-6-17(22)12-18-9-10-20(27)13-23(18)25(24)31-21/h3-4,6,8-10,13,19,21,24-25H,2,5,7,11-12,14-16H2,1H3/t19?,21-,24+,25-/m0/s1. The van der Waals surface area contributed by atoms with Crippen molar-refractivity contribution < 1.29 is 18.7 Å². The third-order valence-corrected chi connectivity index (χ3v) is 7.06. The number of hydrogen-bond acceptors (Lipinski definition) is 4. The number of rotatable bonds is 4. The second-order valence-corrected chi connectivity index (χ2v) is 9.09. The summed E-state index contributed by atoms with van der Waals surface area (Å²) in [5.74, 6) is -0.0992. The molecule has 164 valence electrons. The Balaban J connectivity index is 1.36. The van der Waals surface area contributed by atoms with Crippen LogP contribution in [0.4, 0.5) is 4.39 Å². The van der Waals surface area contributed by atoms with Crippen molar-refractivity contribution in [2.24, 2.45) is 5.92 Å². The first-order valence-corrected chi connectivity index (χ1v) is 11.5. The fourth-order valence-electron chi connectivity index (χ4n) is 5.68. The SMILES string of the molecule is CCOC(=O)C1CCCN(C[C@@H]2C[C@@H]3c4ccccc4Cc4ccc(F)cc4[C@@H]3O2)C1. The van der Waals surface area contributed by atoms with E-state index in [-0.39, 0.29) is 35.8 Å². The maximum Gasteiger partial charge on any atom is 0.310 e. The number of carbonyl (C=O) groups is 1. The monoisotopic (exact) mass is 423 g/mol. The number of carbonyl (C=O) groups excluding carboxylic acids is 1. The zero-order valence-corrected chi connectivity index (χ0v) is 18.1. The van der Waals surface area contributed by atoms with E-state index in [1.54, 1.807) is 12.1 Å². The lowest BCUT2D eigenvalue weighted by Gasteiger charge is -2.33. The van der Waals surface area contributed by atoms with Gasteiger partial charge in [0.05, 0.1) is 24.7 Å². The normalized spacial score (nSPS) is 27.7. The highest BCUT2D eigenvalue weighted by atomic mass is 19.1. The van der Waals surface area contributed by atoms with Gasteiger partial charge in [0, 0.05) is 19.0 Å². The van der Waals surface area contributed by atoms with Crippen molar-refractivity contribution in [3.63, 3.8) is 0 Å². The van der Waals surface area contributed by atoms with E-state index in [9.17, 15) is 9.18 Å². The maximum absolute atomic E-state index is 14.2. The molecule has 31 heavy (non-hydrogen) atoms. The Bertz CT molecular complexity index is 961. The van der Waals surface area contributed by atoms with Crippen LogP contribution in [0.25, 0.3) is 0 Å². The van der Waals surface area contributed by atoms with E-state index in [4.69, 9.17) is 9.47 Å². The van der Waals surface area contributed by atoms with Gasteiger partial charge >= 0.3 is 5.97 Å². The molecule has 4 atom stereocenters. The van der Waals surface area contributed by atoms with Crippen LogP contribution < -0.4 is 0 Å². The number of hydrogen-bond donors (Lipinski definition) is 0. The van der Waals surface area contributed by atoms with Crippen molar-refractivity contribution in [3.05, 3.63) is 70.5 Å². The number of halogens is 1. The molecule has 2 aromatic rings. The molecule has 5 rings (SSSR count). The zero-order valence-electron chi connectivity index (χ0n) is 18.1. The second kappa shape index (κ2) is 8.71. The van der Waals surface area contributed by atoms with Gasteiger partial charge in [0.1, 0.15) is 5.82 Å². The molecule has 1 aliphatic carbocycles. The first-order chi connectivity index (χ1) is 15.1. The Labute approximate surface area is 183 Å². The smallest absolute Gasteiger partial charge is 0.310 e. The molecular formula is C26H30FNO3. The molecule has 0 amide bonds. The van der Waals surface area contributed by atoms with Gasteiger partial charge in [-0.3, -0.25) is 9.69 Å². The van der Waals surface area contributed by atoms with Gasteiger partial charge in [-0.05, 0) is 73.5 Å². The predicted octanol–water partition coefficient (Wildman–Crippen LogP) is 4.62. The number of fused-ring (bicyclic) bond motifs is 5. The third kappa shape index (κ3) is 4.13. The van der Waals surface area contributed by atoms with Gasteiger partial charge in [-0.2, -0.15) is 0 Å². The minimum Gasteiger partial charge on any atom is -0.466 e. The van der Waals surface area contributed by atoms with Crippen LogP contribution in [0.3, 0.4) is 0 Å². The van der Waals surface area contributed by atoms with Crippen molar-refractivity contribution in [1.29, 1.82) is 0 Å². The average Bonchev–Trinajstić information content (AvgIpc) is 3.14. The summed E-state index contributed by atoms with van der Waals surface area (Å²) in [4.78, 5) is 14.6. The molecule has 0 saturated carbocycles. The van der Waals surface area contributed by atoms with Crippen LogP contribution in [-0.4, -0.2) is 43.2 Å². The Kier molecular flexibility index (Phi) is 5.81. The molecule has 5 heteroatoms. The van der Waals surface area contributed by atoms with Crippen molar-refractivity contribution in [3.8, 4) is 0 Å². The number of benzene rings is 2. The summed E-state index contributed by atoms with van der Waals surface area (Å²) in [6.45, 7) is 4.80. The maximum atomic E-state index is 14.2. The predicted molar refractivity (Wildman–Crippen MR) is 116 cm³/mol. The van der Waals surface area contributed by atoms with Crippen molar-refractivity contribution >= 4 is 5.97 Å². The van der Waals surface area contributed by atoms with E-state index in [0.29, 0.717) is 6.61 Å². The molecule has 0 radical (unpaired) electrons. The van der Waals surface area contributed by atoms with Gasteiger partial charge in [-0.25, -0.2) is 4.39 Å². The summed E-state index contributed by atoms with van der Waals surface area (Å²) >= 11 is 0. The molecule has 2 aromatic carbocycles. The molecule has 0 bridgehead atoms. The summed E-state index contributed by atoms with van der Waals surface area (Å²) in [6.07, 6.45) is 3.58. The van der Waals surface area contributed by atoms with E-state index in [2.05, 4.69) is 29.2 Å². The molecule has 2 fully saturated rings. The topological polar surface area (TPSA) is 38.8 Å². The zero-order chi connectivity index (χ0) is 21.4. The van der Waals surface area contributed by atoms with Crippen LogP contribution in [0.5, 0.6) is 0 Å². The highest BCUT2D eigenvalue weighted by molar-refractivity contribution is 5.72. The minimum atomic E-state index is -0.205. The van der Waals surface area contributed by atoms with E-state index in [0.717, 1.165) is 56.4 Å². The van der Waals surface area contributed by atoms with Crippen LogP contribution in [0.2, 0.25) is 0 Å². The minimum absolute atomic E-state index is 0.0453. The second-order valence-electron chi connectivity index (χ2n) is 9.09. The van der Waals surface area contributed by atoms with Gasteiger partial charge in [0.2, 0.25) is 0 Å². The molecule has 0 spiro atoms. The molecule has 0 aromatic heterocycles. The molecule has 2 saturated heterocycles. The van der Waals surface area contributed by atoms with Gasteiger partial charge in [0.15, 0.2) is 0 Å². The summed E-state index contributed by atoms with van der Waals surface area (Å²) < 4.78 is 26.0. The lowest BCUT2D eigenvalue weighted by molar-refractivity contribution is -0.150. The van der Waals surface area contributed by atoms with Gasteiger partial charge in [-0.1, -0.05) is 30.3 Å². The average molecular weight is 424 g/mol.